The summed E-state index contributed by atoms with van der Waals surface area (Å²) in [5.74, 6) is 0.0874. The van der Waals surface area contributed by atoms with E-state index in [2.05, 4.69) is 19.1 Å². The molecule has 0 aliphatic carbocycles. The van der Waals surface area contributed by atoms with Gasteiger partial charge in [-0.15, -0.1) is 0 Å². The van der Waals surface area contributed by atoms with Gasteiger partial charge in [0.05, 0.1) is 0 Å². The molecule has 0 N–H and O–H groups in total. The third-order valence-electron chi connectivity index (χ3n) is 3.18. The van der Waals surface area contributed by atoms with Gasteiger partial charge < -0.3 is 9.53 Å². The molecule has 0 rings (SSSR count). The summed E-state index contributed by atoms with van der Waals surface area (Å²) in [5, 5.41) is 0. The summed E-state index contributed by atoms with van der Waals surface area (Å²) in [5.41, 5.74) is 0. The van der Waals surface area contributed by atoms with Crippen LogP contribution in [0, 0.1) is 0 Å². The molecule has 3 heteroatoms. The van der Waals surface area contributed by atoms with E-state index in [0.717, 1.165) is 51.4 Å². The van der Waals surface area contributed by atoms with Crippen LogP contribution in [-0.4, -0.2) is 17.9 Å². The minimum Gasteiger partial charge on any atom is -0.463 e. The summed E-state index contributed by atoms with van der Waals surface area (Å²) in [7, 11) is 0. The zero-order valence-electron chi connectivity index (χ0n) is 13.3. The van der Waals surface area contributed by atoms with Gasteiger partial charge in [0.15, 0.2) is 0 Å². The third kappa shape index (κ3) is 13.3. The first-order valence-electron chi connectivity index (χ1n) is 7.88. The fourth-order valence-corrected chi connectivity index (χ4v) is 2.10. The van der Waals surface area contributed by atoms with Crippen LogP contribution < -0.4 is 0 Å². The molecule has 0 amide bonds. The quantitative estimate of drug-likeness (QED) is 0.298. The molecule has 0 aliphatic heterocycles. The van der Waals surface area contributed by atoms with Crippen LogP contribution in [0.3, 0.4) is 0 Å². The van der Waals surface area contributed by atoms with Crippen LogP contribution in [0.25, 0.3) is 0 Å². The van der Waals surface area contributed by atoms with Gasteiger partial charge in [0.2, 0.25) is 0 Å². The van der Waals surface area contributed by atoms with Gasteiger partial charge in [0, 0.05) is 13.3 Å². The monoisotopic (exact) mass is 282 g/mol. The maximum Gasteiger partial charge on any atom is 0.302 e. The number of hydrogen-bond acceptors (Lipinski definition) is 3. The number of carbonyl (C=O) groups excluding carboxylic acids is 2. The van der Waals surface area contributed by atoms with Gasteiger partial charge in [-0.3, -0.25) is 4.79 Å². The Bertz CT molecular complexity index is 295. The molecule has 0 fully saturated rings. The number of Topliss-reactive ketones (excluding diaryl/α,β-unsaturated/α-hetero) is 1. The highest BCUT2D eigenvalue weighted by Crippen LogP contribution is 2.13. The summed E-state index contributed by atoms with van der Waals surface area (Å²) in [6, 6.07) is 0. The Morgan fingerprint density at radius 1 is 1.00 bits per heavy atom. The smallest absolute Gasteiger partial charge is 0.302 e. The van der Waals surface area contributed by atoms with Crippen LogP contribution in [0.2, 0.25) is 0 Å². The van der Waals surface area contributed by atoms with E-state index in [1.807, 2.05) is 0 Å². The first-order valence-corrected chi connectivity index (χ1v) is 7.88. The largest absolute Gasteiger partial charge is 0.463 e. The summed E-state index contributed by atoms with van der Waals surface area (Å²) < 4.78 is 5.32. The Balaban J connectivity index is 3.68. The van der Waals surface area contributed by atoms with Crippen molar-refractivity contribution in [3.63, 3.8) is 0 Å². The molecule has 3 nitrogen and oxygen atoms in total. The number of allylic oxidation sites excluding steroid dienone is 2. The van der Waals surface area contributed by atoms with Crippen molar-refractivity contribution in [3.8, 4) is 0 Å². The van der Waals surface area contributed by atoms with Gasteiger partial charge in [-0.2, -0.15) is 0 Å². The molecule has 0 aromatic heterocycles. The Labute approximate surface area is 123 Å². The van der Waals surface area contributed by atoms with Crippen molar-refractivity contribution in [3.05, 3.63) is 12.2 Å². The summed E-state index contributed by atoms with van der Waals surface area (Å²) in [4.78, 5) is 21.8. The molecular weight excluding hydrogens is 252 g/mol. The minimum absolute atomic E-state index is 0.0820. The van der Waals surface area contributed by atoms with Crippen molar-refractivity contribution in [2.75, 3.05) is 0 Å². The molecule has 1 unspecified atom stereocenters. The lowest BCUT2D eigenvalue weighted by molar-refractivity contribution is -0.147. The highest BCUT2D eigenvalue weighted by molar-refractivity contribution is 5.75. The second-order valence-corrected chi connectivity index (χ2v) is 5.37. The van der Waals surface area contributed by atoms with E-state index >= 15 is 0 Å². The average molecular weight is 282 g/mol. The molecule has 0 saturated heterocycles. The maximum atomic E-state index is 11.0. The summed E-state index contributed by atoms with van der Waals surface area (Å²) in [6.45, 7) is 5.26. The van der Waals surface area contributed by atoms with Crippen LogP contribution in [0.5, 0.6) is 0 Å². The first kappa shape index (κ1) is 18.9. The summed E-state index contributed by atoms with van der Waals surface area (Å²) >= 11 is 0. The average Bonchev–Trinajstić information content (AvgIpc) is 2.37. The Kier molecular flexibility index (Phi) is 12.2. The zero-order valence-corrected chi connectivity index (χ0v) is 13.3. The first-order chi connectivity index (χ1) is 9.56. The van der Waals surface area contributed by atoms with E-state index in [4.69, 9.17) is 4.74 Å². The van der Waals surface area contributed by atoms with E-state index < -0.39 is 0 Å². The van der Waals surface area contributed by atoms with Gasteiger partial charge >= 0.3 is 5.97 Å². The lowest BCUT2D eigenvalue weighted by Gasteiger charge is -2.16. The SMILES string of the molecule is CCCCC(CCC/C=C/CCCC(C)=O)OC(C)=O. The zero-order chi connectivity index (χ0) is 15.2. The second kappa shape index (κ2) is 12.9. The fraction of sp³-hybridized carbons (Fsp3) is 0.765. The predicted molar refractivity (Wildman–Crippen MR) is 82.6 cm³/mol. The van der Waals surface area contributed by atoms with Gasteiger partial charge in [-0.25, -0.2) is 0 Å². The van der Waals surface area contributed by atoms with Crippen LogP contribution in [0.1, 0.15) is 78.6 Å². The van der Waals surface area contributed by atoms with E-state index in [1.165, 1.54) is 6.92 Å². The molecule has 0 aromatic carbocycles. The van der Waals surface area contributed by atoms with Crippen LogP contribution in [-0.2, 0) is 14.3 Å². The van der Waals surface area contributed by atoms with Crippen molar-refractivity contribution >= 4 is 11.8 Å². The molecule has 0 heterocycles. The molecule has 20 heavy (non-hydrogen) atoms. The van der Waals surface area contributed by atoms with Crippen LogP contribution >= 0.6 is 0 Å². The Morgan fingerprint density at radius 3 is 2.15 bits per heavy atom. The molecular formula is C17H30O3. The minimum atomic E-state index is -0.175. The lowest BCUT2D eigenvalue weighted by Crippen LogP contribution is -2.16. The van der Waals surface area contributed by atoms with E-state index in [-0.39, 0.29) is 17.9 Å². The van der Waals surface area contributed by atoms with E-state index in [9.17, 15) is 9.59 Å². The van der Waals surface area contributed by atoms with Crippen molar-refractivity contribution in [2.24, 2.45) is 0 Å². The van der Waals surface area contributed by atoms with Gasteiger partial charge in [-0.1, -0.05) is 31.9 Å². The fourth-order valence-electron chi connectivity index (χ4n) is 2.10. The highest BCUT2D eigenvalue weighted by atomic mass is 16.5. The predicted octanol–water partition coefficient (Wildman–Crippen LogP) is 4.59. The Morgan fingerprint density at radius 2 is 1.60 bits per heavy atom. The molecule has 0 bridgehead atoms. The molecule has 116 valence electrons. The van der Waals surface area contributed by atoms with E-state index in [0.29, 0.717) is 6.42 Å². The normalized spacial score (nSPS) is 12.6. The molecule has 0 aliphatic rings. The standard InChI is InChI=1S/C17H30O3/c1-4-5-13-17(20-16(3)19)14-11-9-7-6-8-10-12-15(2)18/h6-7,17H,4-5,8-14H2,1-3H3/b7-6+. The molecule has 0 spiro atoms. The summed E-state index contributed by atoms with van der Waals surface area (Å²) in [6.07, 6.45) is 13.2. The Hall–Kier alpha value is -1.12. The number of ether oxygens (including phenoxy) is 1. The molecule has 1 atom stereocenters. The molecule has 0 saturated carbocycles. The number of ketones is 1. The van der Waals surface area contributed by atoms with Crippen molar-refractivity contribution < 1.29 is 14.3 Å². The maximum absolute atomic E-state index is 11.0. The van der Waals surface area contributed by atoms with Gasteiger partial charge in [0.1, 0.15) is 11.9 Å². The van der Waals surface area contributed by atoms with Gasteiger partial charge in [-0.05, 0) is 45.4 Å². The topological polar surface area (TPSA) is 43.4 Å². The van der Waals surface area contributed by atoms with Crippen molar-refractivity contribution in [1.82, 2.24) is 0 Å². The van der Waals surface area contributed by atoms with Crippen molar-refractivity contribution in [1.29, 1.82) is 0 Å². The number of carbonyl (C=O) groups is 2. The lowest BCUT2D eigenvalue weighted by atomic mass is 10.1. The van der Waals surface area contributed by atoms with E-state index in [1.54, 1.807) is 6.92 Å². The third-order valence-corrected chi connectivity index (χ3v) is 3.18. The van der Waals surface area contributed by atoms with Crippen LogP contribution in [0.15, 0.2) is 12.2 Å². The highest BCUT2D eigenvalue weighted by Gasteiger charge is 2.10. The van der Waals surface area contributed by atoms with Gasteiger partial charge in [0.25, 0.3) is 0 Å². The number of rotatable bonds is 12. The van der Waals surface area contributed by atoms with Crippen molar-refractivity contribution in [2.45, 2.75) is 84.7 Å². The number of esters is 1. The number of unbranched alkanes of at least 4 members (excludes halogenated alkanes) is 3. The number of hydrogen-bond donors (Lipinski definition) is 0. The van der Waals surface area contributed by atoms with Crippen LogP contribution in [0.4, 0.5) is 0 Å². The molecule has 0 radical (unpaired) electrons. The second-order valence-electron chi connectivity index (χ2n) is 5.37. The molecule has 0 aromatic rings.